The van der Waals surface area contributed by atoms with Gasteiger partial charge in [-0.05, 0) is 11.6 Å². The Bertz CT molecular complexity index is 955. The highest BCUT2D eigenvalue weighted by Gasteiger charge is 2.34. The molecule has 4 rings (SSSR count). The predicted octanol–water partition coefficient (Wildman–Crippen LogP) is 2.67. The Morgan fingerprint density at radius 1 is 1.00 bits per heavy atom. The van der Waals surface area contributed by atoms with Crippen LogP contribution in [0.3, 0.4) is 0 Å². The number of nitrogens with zero attached hydrogens (tertiary/aromatic N) is 4. The number of hydrogen-bond donors (Lipinski definition) is 0. The van der Waals surface area contributed by atoms with Crippen molar-refractivity contribution < 1.29 is 14.0 Å². The summed E-state index contributed by atoms with van der Waals surface area (Å²) < 4.78 is 14.3. The first kappa shape index (κ1) is 20.2. The molecule has 156 valence electrons. The third-order valence-electron chi connectivity index (χ3n) is 5.71. The minimum atomic E-state index is -0.335. The normalized spacial score (nSPS) is 19.7. The van der Waals surface area contributed by atoms with E-state index >= 15 is 0 Å². The number of carbonyl (C=O) groups excluding carboxylic acids is 2. The van der Waals surface area contributed by atoms with Crippen molar-refractivity contribution in [2.45, 2.75) is 19.4 Å². The molecule has 2 aliphatic rings. The van der Waals surface area contributed by atoms with Gasteiger partial charge in [0.2, 0.25) is 5.91 Å². The highest BCUT2D eigenvalue weighted by Crippen LogP contribution is 2.33. The average Bonchev–Trinajstić information content (AvgIpc) is 3.20. The SMILES string of the molecule is CC(=O)N1CCN(CC(=O)N2N=C(c3ccccc3F)CC2c2ccccc2)CC1. The van der Waals surface area contributed by atoms with Gasteiger partial charge in [-0.2, -0.15) is 5.10 Å². The summed E-state index contributed by atoms with van der Waals surface area (Å²) in [5.41, 5.74) is 1.99. The van der Waals surface area contributed by atoms with Crippen molar-refractivity contribution in [3.8, 4) is 0 Å². The lowest BCUT2D eigenvalue weighted by Gasteiger charge is -2.34. The zero-order chi connectivity index (χ0) is 21.1. The van der Waals surface area contributed by atoms with Crippen molar-refractivity contribution >= 4 is 17.5 Å². The molecule has 2 heterocycles. The van der Waals surface area contributed by atoms with Gasteiger partial charge >= 0.3 is 0 Å². The molecule has 0 N–H and O–H groups in total. The standard InChI is InChI=1S/C23H25FN4O2/c1-17(29)27-13-11-26(12-14-27)16-23(30)28-22(18-7-3-2-4-8-18)15-21(25-28)19-9-5-6-10-20(19)24/h2-10,22H,11-16H2,1H3. The van der Waals surface area contributed by atoms with Crippen LogP contribution >= 0.6 is 0 Å². The van der Waals surface area contributed by atoms with Gasteiger partial charge in [0.25, 0.3) is 5.91 Å². The van der Waals surface area contributed by atoms with E-state index in [2.05, 4.69) is 5.10 Å². The summed E-state index contributed by atoms with van der Waals surface area (Å²) in [7, 11) is 0. The number of benzene rings is 2. The first-order chi connectivity index (χ1) is 14.5. The Balaban J connectivity index is 1.54. The third-order valence-corrected chi connectivity index (χ3v) is 5.71. The van der Waals surface area contributed by atoms with Gasteiger partial charge in [0, 0.05) is 45.1 Å². The minimum Gasteiger partial charge on any atom is -0.340 e. The summed E-state index contributed by atoms with van der Waals surface area (Å²) in [6.07, 6.45) is 0.467. The van der Waals surface area contributed by atoms with Crippen LogP contribution in [0.2, 0.25) is 0 Å². The van der Waals surface area contributed by atoms with Crippen LogP contribution in [0.5, 0.6) is 0 Å². The zero-order valence-electron chi connectivity index (χ0n) is 17.0. The molecule has 2 aromatic rings. The van der Waals surface area contributed by atoms with Crippen LogP contribution in [0.1, 0.15) is 30.5 Å². The fourth-order valence-electron chi connectivity index (χ4n) is 4.02. The summed E-state index contributed by atoms with van der Waals surface area (Å²) in [6, 6.07) is 16.0. The molecule has 6 nitrogen and oxygen atoms in total. The second kappa shape index (κ2) is 8.75. The molecular formula is C23H25FN4O2. The van der Waals surface area contributed by atoms with Crippen molar-refractivity contribution in [1.82, 2.24) is 14.8 Å². The highest BCUT2D eigenvalue weighted by molar-refractivity contribution is 6.03. The second-order valence-corrected chi connectivity index (χ2v) is 7.68. The van der Waals surface area contributed by atoms with Crippen LogP contribution in [-0.2, 0) is 9.59 Å². The van der Waals surface area contributed by atoms with Gasteiger partial charge < -0.3 is 4.90 Å². The smallest absolute Gasteiger partial charge is 0.257 e. The molecule has 0 aromatic heterocycles. The van der Waals surface area contributed by atoms with E-state index in [1.807, 2.05) is 35.2 Å². The molecule has 0 bridgehead atoms. The molecule has 0 aliphatic carbocycles. The Morgan fingerprint density at radius 2 is 1.67 bits per heavy atom. The lowest BCUT2D eigenvalue weighted by atomic mass is 9.98. The van der Waals surface area contributed by atoms with Crippen molar-refractivity contribution in [2.24, 2.45) is 5.10 Å². The monoisotopic (exact) mass is 408 g/mol. The van der Waals surface area contributed by atoms with E-state index in [9.17, 15) is 14.0 Å². The first-order valence-electron chi connectivity index (χ1n) is 10.2. The van der Waals surface area contributed by atoms with Gasteiger partial charge in [-0.3, -0.25) is 14.5 Å². The Hall–Kier alpha value is -3.06. The number of piperazine rings is 1. The Labute approximate surface area is 175 Å². The van der Waals surface area contributed by atoms with Crippen molar-refractivity contribution in [2.75, 3.05) is 32.7 Å². The van der Waals surface area contributed by atoms with Crippen molar-refractivity contribution in [1.29, 1.82) is 0 Å². The summed E-state index contributed by atoms with van der Waals surface area (Å²) >= 11 is 0. The first-order valence-corrected chi connectivity index (χ1v) is 10.2. The third kappa shape index (κ3) is 4.26. The number of hydrogen-bond acceptors (Lipinski definition) is 4. The molecule has 2 amide bonds. The lowest BCUT2D eigenvalue weighted by molar-refractivity contribution is -0.135. The number of carbonyl (C=O) groups is 2. The minimum absolute atomic E-state index is 0.0591. The van der Waals surface area contributed by atoms with Crippen molar-refractivity contribution in [3.05, 3.63) is 71.5 Å². The molecule has 0 radical (unpaired) electrons. The molecule has 1 atom stereocenters. The molecule has 2 aromatic carbocycles. The lowest BCUT2D eigenvalue weighted by Crippen LogP contribution is -2.50. The van der Waals surface area contributed by atoms with Crippen LogP contribution < -0.4 is 0 Å². The number of rotatable bonds is 4. The summed E-state index contributed by atoms with van der Waals surface area (Å²) in [5, 5.41) is 6.06. The van der Waals surface area contributed by atoms with Crippen LogP contribution in [0.15, 0.2) is 59.7 Å². The van der Waals surface area contributed by atoms with Crippen molar-refractivity contribution in [3.63, 3.8) is 0 Å². The predicted molar refractivity (Wildman–Crippen MR) is 112 cm³/mol. The van der Waals surface area contributed by atoms with Gasteiger partial charge in [0.1, 0.15) is 5.82 Å². The number of amides is 2. The summed E-state index contributed by atoms with van der Waals surface area (Å²) in [4.78, 5) is 28.5. The molecule has 2 aliphatic heterocycles. The average molecular weight is 408 g/mol. The van der Waals surface area contributed by atoms with Crippen LogP contribution in [0.25, 0.3) is 0 Å². The fourth-order valence-corrected chi connectivity index (χ4v) is 4.02. The van der Waals surface area contributed by atoms with Gasteiger partial charge in [0.05, 0.1) is 18.3 Å². The quantitative estimate of drug-likeness (QED) is 0.782. The zero-order valence-corrected chi connectivity index (χ0v) is 17.0. The fraction of sp³-hybridized carbons (Fsp3) is 0.348. The van der Waals surface area contributed by atoms with E-state index in [0.29, 0.717) is 43.9 Å². The van der Waals surface area contributed by atoms with E-state index in [-0.39, 0.29) is 30.2 Å². The Kier molecular flexibility index (Phi) is 5.90. The maximum Gasteiger partial charge on any atom is 0.257 e. The second-order valence-electron chi connectivity index (χ2n) is 7.68. The molecule has 1 unspecified atom stereocenters. The van der Waals surface area contributed by atoms with Gasteiger partial charge in [-0.25, -0.2) is 9.40 Å². The largest absolute Gasteiger partial charge is 0.340 e. The molecule has 0 saturated carbocycles. The van der Waals surface area contributed by atoms with E-state index in [4.69, 9.17) is 0 Å². The number of hydrazone groups is 1. The van der Waals surface area contributed by atoms with Gasteiger partial charge in [-0.1, -0.05) is 48.5 Å². The van der Waals surface area contributed by atoms with Crippen LogP contribution in [-0.4, -0.2) is 65.1 Å². The van der Waals surface area contributed by atoms with Gasteiger partial charge in [-0.15, -0.1) is 0 Å². The highest BCUT2D eigenvalue weighted by atomic mass is 19.1. The van der Waals surface area contributed by atoms with E-state index < -0.39 is 0 Å². The van der Waals surface area contributed by atoms with E-state index in [0.717, 1.165) is 5.56 Å². The molecule has 0 spiro atoms. The summed E-state index contributed by atoms with van der Waals surface area (Å²) in [6.45, 7) is 4.33. The van der Waals surface area contributed by atoms with E-state index in [1.54, 1.807) is 30.0 Å². The van der Waals surface area contributed by atoms with E-state index in [1.165, 1.54) is 11.1 Å². The summed E-state index contributed by atoms with van der Waals surface area (Å²) in [5.74, 6) is -0.395. The molecule has 1 saturated heterocycles. The molecule has 7 heteroatoms. The molecule has 30 heavy (non-hydrogen) atoms. The molecular weight excluding hydrogens is 383 g/mol. The molecule has 1 fully saturated rings. The van der Waals surface area contributed by atoms with Gasteiger partial charge in [0.15, 0.2) is 0 Å². The maximum absolute atomic E-state index is 14.3. The van der Waals surface area contributed by atoms with Crippen LogP contribution in [0.4, 0.5) is 4.39 Å². The maximum atomic E-state index is 14.3. The Morgan fingerprint density at radius 3 is 2.33 bits per heavy atom. The topological polar surface area (TPSA) is 56.2 Å². The number of halogens is 1. The van der Waals surface area contributed by atoms with Crippen LogP contribution in [0, 0.1) is 5.82 Å².